The van der Waals surface area contributed by atoms with Crippen LogP contribution in [0.2, 0.25) is 0 Å². The van der Waals surface area contributed by atoms with Gasteiger partial charge < -0.3 is 20.5 Å². The van der Waals surface area contributed by atoms with Crippen molar-refractivity contribution < 1.29 is 24.2 Å². The normalized spacial score (nSPS) is 22.1. The molecule has 2 heterocycles. The van der Waals surface area contributed by atoms with Crippen molar-refractivity contribution in [2.75, 3.05) is 32.8 Å². The van der Waals surface area contributed by atoms with Crippen molar-refractivity contribution in [3.8, 4) is 0 Å². The van der Waals surface area contributed by atoms with Crippen LogP contribution in [0.4, 0.5) is 0 Å². The van der Waals surface area contributed by atoms with Gasteiger partial charge in [-0.1, -0.05) is 24.6 Å². The van der Waals surface area contributed by atoms with E-state index >= 15 is 0 Å². The fraction of sp³-hybridized carbons (Fsp3) is 0.625. The molecule has 0 saturated carbocycles. The third-order valence-corrected chi connectivity index (χ3v) is 6.05. The second-order valence-corrected chi connectivity index (χ2v) is 8.50. The zero-order valence-electron chi connectivity index (χ0n) is 19.2. The number of rotatable bonds is 6. The molecule has 0 aliphatic carbocycles. The van der Waals surface area contributed by atoms with Crippen LogP contribution < -0.4 is 10.6 Å². The van der Waals surface area contributed by atoms with Gasteiger partial charge in [0, 0.05) is 50.5 Å². The Labute approximate surface area is 190 Å². The third kappa shape index (κ3) is 8.24. The van der Waals surface area contributed by atoms with Gasteiger partial charge in [-0.25, -0.2) is 0 Å². The van der Waals surface area contributed by atoms with Crippen LogP contribution in [0.15, 0.2) is 24.3 Å². The van der Waals surface area contributed by atoms with Gasteiger partial charge in [0.15, 0.2) is 0 Å². The summed E-state index contributed by atoms with van der Waals surface area (Å²) >= 11 is 0. The zero-order chi connectivity index (χ0) is 23.3. The summed E-state index contributed by atoms with van der Waals surface area (Å²) in [5.74, 6) is 0.0934. The Morgan fingerprint density at radius 1 is 1.12 bits per heavy atom. The molecule has 32 heavy (non-hydrogen) atoms. The van der Waals surface area contributed by atoms with Crippen molar-refractivity contribution in [1.82, 2.24) is 15.5 Å². The number of nitrogens with one attached hydrogen (secondary N) is 2. The first-order valence-electron chi connectivity index (χ1n) is 11.5. The number of carbonyl (C=O) groups excluding carboxylic acids is 2. The van der Waals surface area contributed by atoms with Crippen molar-refractivity contribution in [2.24, 2.45) is 5.92 Å². The molecule has 2 saturated heterocycles. The number of amides is 2. The van der Waals surface area contributed by atoms with Crippen LogP contribution >= 0.6 is 0 Å². The molecule has 0 radical (unpaired) electrons. The topological polar surface area (TPSA) is 108 Å². The van der Waals surface area contributed by atoms with Crippen molar-refractivity contribution in [3.63, 3.8) is 0 Å². The van der Waals surface area contributed by atoms with Gasteiger partial charge in [0.2, 0.25) is 5.91 Å². The van der Waals surface area contributed by atoms with Crippen molar-refractivity contribution >= 4 is 18.3 Å². The van der Waals surface area contributed by atoms with E-state index in [1.807, 2.05) is 31.2 Å². The lowest BCUT2D eigenvalue weighted by Gasteiger charge is -2.36. The molecule has 2 aliphatic heterocycles. The maximum Gasteiger partial charge on any atom is 0.290 e. The van der Waals surface area contributed by atoms with E-state index in [1.54, 1.807) is 0 Å². The highest BCUT2D eigenvalue weighted by Crippen LogP contribution is 2.23. The van der Waals surface area contributed by atoms with Gasteiger partial charge in [0.25, 0.3) is 12.4 Å². The molecule has 0 spiro atoms. The maximum atomic E-state index is 12.7. The van der Waals surface area contributed by atoms with Gasteiger partial charge in [-0.3, -0.25) is 19.3 Å². The summed E-state index contributed by atoms with van der Waals surface area (Å²) in [5, 5.41) is 13.2. The van der Waals surface area contributed by atoms with Crippen LogP contribution in [0, 0.1) is 12.8 Å². The summed E-state index contributed by atoms with van der Waals surface area (Å²) in [6.07, 6.45) is 4.54. The van der Waals surface area contributed by atoms with E-state index in [0.29, 0.717) is 11.6 Å². The first-order chi connectivity index (χ1) is 15.5. The number of benzene rings is 1. The smallest absolute Gasteiger partial charge is 0.290 e. The summed E-state index contributed by atoms with van der Waals surface area (Å²) < 4.78 is 5.53. The Morgan fingerprint density at radius 2 is 1.78 bits per heavy atom. The lowest BCUT2D eigenvalue weighted by Crippen LogP contribution is -2.49. The fourth-order valence-electron chi connectivity index (χ4n) is 4.27. The summed E-state index contributed by atoms with van der Waals surface area (Å²) in [5.41, 5.74) is 1.83. The minimum atomic E-state index is -0.250. The Morgan fingerprint density at radius 3 is 2.41 bits per heavy atom. The number of carboxylic acid groups (broad SMARTS) is 1. The molecule has 8 nitrogen and oxygen atoms in total. The van der Waals surface area contributed by atoms with Crippen molar-refractivity contribution in [3.05, 3.63) is 35.4 Å². The monoisotopic (exact) mass is 447 g/mol. The second-order valence-electron chi connectivity index (χ2n) is 8.50. The number of hydrogen-bond acceptors (Lipinski definition) is 5. The van der Waals surface area contributed by atoms with Crippen LogP contribution in [0.5, 0.6) is 0 Å². The number of ether oxygens (including phenoxy) is 1. The van der Waals surface area contributed by atoms with E-state index in [2.05, 4.69) is 22.5 Å². The molecule has 2 amide bonds. The average Bonchev–Trinajstić information content (AvgIpc) is 3.02. The van der Waals surface area contributed by atoms with Crippen molar-refractivity contribution in [2.45, 2.75) is 58.0 Å². The SMILES string of the molecule is CCCNC(=O)[C@@H]1CC[C@H](NC(=O)c2ccc(C)cc2)CN(C2CCOCC2)C1.O=CO. The van der Waals surface area contributed by atoms with Gasteiger partial charge in [0.1, 0.15) is 0 Å². The van der Waals surface area contributed by atoms with Crippen LogP contribution in [-0.2, 0) is 14.3 Å². The predicted molar refractivity (Wildman–Crippen MR) is 123 cm³/mol. The molecule has 2 atom stereocenters. The quantitative estimate of drug-likeness (QED) is 0.577. The lowest BCUT2D eigenvalue weighted by molar-refractivity contribution is -0.126. The number of hydrogen-bond donors (Lipinski definition) is 3. The highest BCUT2D eigenvalue weighted by atomic mass is 16.5. The van der Waals surface area contributed by atoms with Gasteiger partial charge in [-0.15, -0.1) is 0 Å². The van der Waals surface area contributed by atoms with Gasteiger partial charge in [-0.2, -0.15) is 0 Å². The highest BCUT2D eigenvalue weighted by Gasteiger charge is 2.33. The minimum absolute atomic E-state index is 0.0225. The molecule has 1 aromatic rings. The van der Waals surface area contributed by atoms with E-state index in [-0.39, 0.29) is 30.2 Å². The Hall–Kier alpha value is -2.45. The summed E-state index contributed by atoms with van der Waals surface area (Å²) in [6.45, 7) is 7.65. The number of likely N-dealkylation sites (tertiary alicyclic amines) is 1. The Kier molecular flexibility index (Phi) is 11.2. The van der Waals surface area contributed by atoms with Crippen molar-refractivity contribution in [1.29, 1.82) is 0 Å². The summed E-state index contributed by atoms with van der Waals surface area (Å²) in [6, 6.07) is 8.14. The molecule has 0 unspecified atom stereocenters. The van der Waals surface area contributed by atoms with Crippen LogP contribution in [0.1, 0.15) is 54.9 Å². The van der Waals surface area contributed by atoms with Gasteiger partial charge in [0.05, 0.1) is 5.92 Å². The number of aryl methyl sites for hydroxylation is 1. The molecular formula is C24H37N3O5. The minimum Gasteiger partial charge on any atom is -0.483 e. The maximum absolute atomic E-state index is 12.7. The Balaban J connectivity index is 0.00000114. The van der Waals surface area contributed by atoms with E-state index in [4.69, 9.17) is 14.6 Å². The van der Waals surface area contributed by atoms with Gasteiger partial charge in [-0.05, 0) is 51.2 Å². The molecule has 1 aromatic carbocycles. The largest absolute Gasteiger partial charge is 0.483 e. The fourth-order valence-corrected chi connectivity index (χ4v) is 4.27. The van der Waals surface area contributed by atoms with Crippen LogP contribution in [-0.4, -0.2) is 73.2 Å². The molecule has 178 valence electrons. The number of carbonyl (C=O) groups is 3. The zero-order valence-corrected chi connectivity index (χ0v) is 19.2. The third-order valence-electron chi connectivity index (χ3n) is 6.05. The molecule has 0 aromatic heterocycles. The van der Waals surface area contributed by atoms with Gasteiger partial charge >= 0.3 is 0 Å². The molecular weight excluding hydrogens is 410 g/mol. The lowest BCUT2D eigenvalue weighted by atomic mass is 10.00. The highest BCUT2D eigenvalue weighted by molar-refractivity contribution is 5.94. The standard InChI is InChI=1S/C23H35N3O3.CH2O2/c1-3-12-24-22(27)19-8-9-20(16-26(15-19)21-10-13-29-14-11-21)25-23(28)18-6-4-17(2)5-7-18;2-1-3/h4-7,19-21H,3,8-16H2,1-2H3,(H,24,27)(H,25,28);1H,(H,2,3)/t19-,20+;/m1./s1. The van der Waals surface area contributed by atoms with Crippen LogP contribution in [0.25, 0.3) is 0 Å². The van der Waals surface area contributed by atoms with E-state index in [9.17, 15) is 9.59 Å². The summed E-state index contributed by atoms with van der Waals surface area (Å²) in [4.78, 5) is 36.2. The molecule has 8 heteroatoms. The number of nitrogens with zero attached hydrogens (tertiary/aromatic N) is 1. The molecule has 2 aliphatic rings. The molecule has 2 fully saturated rings. The van der Waals surface area contributed by atoms with Crippen LogP contribution in [0.3, 0.4) is 0 Å². The summed E-state index contributed by atoms with van der Waals surface area (Å²) in [7, 11) is 0. The second kappa shape index (κ2) is 13.9. The first kappa shape index (κ1) is 25.8. The van der Waals surface area contributed by atoms with E-state index in [1.165, 1.54) is 0 Å². The molecule has 3 N–H and O–H groups in total. The first-order valence-corrected chi connectivity index (χ1v) is 11.5. The van der Waals surface area contributed by atoms with E-state index in [0.717, 1.165) is 70.5 Å². The molecule has 0 bridgehead atoms. The van der Waals surface area contributed by atoms with E-state index < -0.39 is 0 Å². The molecule has 3 rings (SSSR count). The Bertz CT molecular complexity index is 719. The average molecular weight is 448 g/mol. The predicted octanol–water partition coefficient (Wildman–Crippen LogP) is 2.21.